The average molecular weight is 176 g/mol. The molecule has 0 unspecified atom stereocenters. The maximum atomic E-state index is 10.4. The monoisotopic (exact) mass is 176 g/mol. The summed E-state index contributed by atoms with van der Waals surface area (Å²) < 4.78 is 0. The summed E-state index contributed by atoms with van der Waals surface area (Å²) in [5.41, 5.74) is 4.25. The molecule has 0 heterocycles. The van der Waals surface area contributed by atoms with Crippen LogP contribution >= 0.6 is 0 Å². The van der Waals surface area contributed by atoms with Gasteiger partial charge in [0.2, 0.25) is 5.91 Å². The zero-order valence-electron chi connectivity index (χ0n) is 6.87. The van der Waals surface area contributed by atoms with Gasteiger partial charge in [0.05, 0.1) is 6.10 Å². The van der Waals surface area contributed by atoms with Crippen molar-refractivity contribution in [3.8, 4) is 0 Å². The van der Waals surface area contributed by atoms with E-state index in [-0.39, 0.29) is 0 Å². The van der Waals surface area contributed by atoms with Gasteiger partial charge in [0.15, 0.2) is 0 Å². The van der Waals surface area contributed by atoms with Crippen LogP contribution in [0.15, 0.2) is 0 Å². The second-order valence-corrected chi connectivity index (χ2v) is 2.38. The highest BCUT2D eigenvalue weighted by Gasteiger charge is 2.22. The quantitative estimate of drug-likeness (QED) is 0.389. The van der Waals surface area contributed by atoms with Crippen LogP contribution in [0.2, 0.25) is 0 Å². The molecular formula is C6H12N2O4. The molecule has 12 heavy (non-hydrogen) atoms. The molecule has 6 heteroatoms. The molecule has 0 bridgehead atoms. The van der Waals surface area contributed by atoms with Crippen LogP contribution in [0.4, 0.5) is 0 Å². The second kappa shape index (κ2) is 4.68. The van der Waals surface area contributed by atoms with Crippen LogP contribution in [-0.2, 0) is 9.59 Å². The van der Waals surface area contributed by atoms with Gasteiger partial charge < -0.3 is 10.2 Å². The number of aliphatic carboxylic acids is 1. The molecule has 0 aliphatic rings. The van der Waals surface area contributed by atoms with Crippen LogP contribution in [0.3, 0.4) is 0 Å². The minimum atomic E-state index is -1.22. The van der Waals surface area contributed by atoms with Crippen molar-refractivity contribution in [3.63, 3.8) is 0 Å². The maximum Gasteiger partial charge on any atom is 0.325 e. The number of rotatable bonds is 4. The molecule has 0 rings (SSSR count). The molecule has 0 aliphatic carbocycles. The summed E-state index contributed by atoms with van der Waals surface area (Å²) in [7, 11) is 0. The first kappa shape index (κ1) is 10.9. The lowest BCUT2D eigenvalue weighted by atomic mass is 10.2. The molecule has 70 valence electrons. The smallest absolute Gasteiger partial charge is 0.325 e. The predicted octanol–water partition coefficient (Wildman–Crippen LogP) is -1.54. The number of hydrogen-bond donors (Lipinski definition) is 4. The molecule has 0 aromatic heterocycles. The Labute approximate surface area is 69.5 Å². The molecule has 0 aliphatic heterocycles. The molecule has 4 N–H and O–H groups in total. The van der Waals surface area contributed by atoms with Crippen LogP contribution in [0, 0.1) is 0 Å². The molecule has 1 amide bonds. The molecule has 0 aromatic rings. The maximum absolute atomic E-state index is 10.4. The molecule has 0 fully saturated rings. The normalized spacial score (nSPS) is 14.9. The number of hydrogen-bond acceptors (Lipinski definition) is 4. The van der Waals surface area contributed by atoms with Crippen LogP contribution in [0.1, 0.15) is 13.8 Å². The van der Waals surface area contributed by atoms with Crippen LogP contribution in [0.5, 0.6) is 0 Å². The number of amides is 1. The van der Waals surface area contributed by atoms with Gasteiger partial charge in [-0.25, -0.2) is 5.43 Å². The minimum absolute atomic E-state index is 0.415. The van der Waals surface area contributed by atoms with Gasteiger partial charge in [0, 0.05) is 6.92 Å². The van der Waals surface area contributed by atoms with Crippen molar-refractivity contribution in [2.75, 3.05) is 0 Å². The molecule has 2 atom stereocenters. The van der Waals surface area contributed by atoms with Gasteiger partial charge >= 0.3 is 5.97 Å². The topological polar surface area (TPSA) is 98.7 Å². The average Bonchev–Trinajstić information content (AvgIpc) is 1.84. The lowest BCUT2D eigenvalue weighted by Gasteiger charge is -2.16. The minimum Gasteiger partial charge on any atom is -0.480 e. The molecule has 0 saturated heterocycles. The van der Waals surface area contributed by atoms with E-state index in [1.807, 2.05) is 0 Å². The van der Waals surface area contributed by atoms with Crippen LogP contribution < -0.4 is 10.9 Å². The molecule has 6 nitrogen and oxygen atoms in total. The number of nitrogens with one attached hydrogen (secondary N) is 2. The number of aliphatic hydroxyl groups excluding tert-OH is 1. The van der Waals surface area contributed by atoms with E-state index in [0.29, 0.717) is 0 Å². The Kier molecular flexibility index (Phi) is 4.24. The summed E-state index contributed by atoms with van der Waals surface area (Å²) in [6.07, 6.45) is -1.07. The Balaban J connectivity index is 3.97. The highest BCUT2D eigenvalue weighted by Crippen LogP contribution is 1.90. The molecule has 0 aromatic carbocycles. The number of carboxylic acid groups (broad SMARTS) is 1. The summed E-state index contributed by atoms with van der Waals surface area (Å²) in [5.74, 6) is -1.64. The number of carbonyl (C=O) groups excluding carboxylic acids is 1. The zero-order chi connectivity index (χ0) is 9.72. The fraction of sp³-hybridized carbons (Fsp3) is 0.667. The van der Waals surface area contributed by atoms with E-state index in [1.54, 1.807) is 0 Å². The van der Waals surface area contributed by atoms with E-state index in [1.165, 1.54) is 13.8 Å². The first-order valence-corrected chi connectivity index (χ1v) is 3.38. The van der Waals surface area contributed by atoms with Crippen molar-refractivity contribution in [1.29, 1.82) is 0 Å². The van der Waals surface area contributed by atoms with Crippen LogP contribution in [-0.4, -0.2) is 34.2 Å². The van der Waals surface area contributed by atoms with Crippen LogP contribution in [0.25, 0.3) is 0 Å². The summed E-state index contributed by atoms with van der Waals surface area (Å²) in [6, 6.07) is -1.19. The lowest BCUT2D eigenvalue weighted by molar-refractivity contribution is -0.142. The van der Waals surface area contributed by atoms with Crippen molar-refractivity contribution < 1.29 is 19.8 Å². The summed E-state index contributed by atoms with van der Waals surface area (Å²) in [4.78, 5) is 20.7. The standard InChI is InChI=1S/C6H12N2O4/c1-3(9)5(6(11)12)8-7-4(2)10/h3,5,8-9H,1-2H3,(H,7,10)(H,11,12)/t3-,5+/m1/s1. The van der Waals surface area contributed by atoms with E-state index in [9.17, 15) is 9.59 Å². The summed E-state index contributed by atoms with van der Waals surface area (Å²) in [5, 5.41) is 17.4. The Morgan fingerprint density at radius 1 is 1.42 bits per heavy atom. The third-order valence-electron chi connectivity index (χ3n) is 1.15. The molecular weight excluding hydrogens is 164 g/mol. The second-order valence-electron chi connectivity index (χ2n) is 2.38. The molecule has 0 saturated carbocycles. The van der Waals surface area contributed by atoms with Gasteiger partial charge in [0.1, 0.15) is 6.04 Å². The van der Waals surface area contributed by atoms with Gasteiger partial charge in [-0.05, 0) is 6.92 Å². The van der Waals surface area contributed by atoms with Gasteiger partial charge in [-0.3, -0.25) is 15.0 Å². The van der Waals surface area contributed by atoms with Gasteiger partial charge in [0.25, 0.3) is 0 Å². The third kappa shape index (κ3) is 3.89. The summed E-state index contributed by atoms with van der Waals surface area (Å²) in [6.45, 7) is 2.54. The SMILES string of the molecule is CC(=O)NN[C@H](C(=O)O)[C@@H](C)O. The van der Waals surface area contributed by atoms with Gasteiger partial charge in [-0.2, -0.15) is 0 Å². The highest BCUT2D eigenvalue weighted by molar-refractivity contribution is 5.76. The van der Waals surface area contributed by atoms with E-state index in [2.05, 4.69) is 10.9 Å². The van der Waals surface area contributed by atoms with Crippen molar-refractivity contribution in [1.82, 2.24) is 10.9 Å². The largest absolute Gasteiger partial charge is 0.480 e. The van der Waals surface area contributed by atoms with E-state index >= 15 is 0 Å². The Morgan fingerprint density at radius 3 is 2.17 bits per heavy atom. The molecule has 0 spiro atoms. The van der Waals surface area contributed by atoms with Crippen molar-refractivity contribution >= 4 is 11.9 Å². The van der Waals surface area contributed by atoms with Crippen molar-refractivity contribution in [2.24, 2.45) is 0 Å². The van der Waals surface area contributed by atoms with Gasteiger partial charge in [-0.1, -0.05) is 0 Å². The first-order chi connectivity index (χ1) is 5.45. The highest BCUT2D eigenvalue weighted by atomic mass is 16.4. The number of carboxylic acids is 1. The van der Waals surface area contributed by atoms with E-state index in [4.69, 9.17) is 10.2 Å². The first-order valence-electron chi connectivity index (χ1n) is 3.38. The Hall–Kier alpha value is -1.14. The number of aliphatic hydroxyl groups is 1. The summed E-state index contributed by atoms with van der Waals surface area (Å²) >= 11 is 0. The van der Waals surface area contributed by atoms with E-state index in [0.717, 1.165) is 0 Å². The van der Waals surface area contributed by atoms with Crippen molar-refractivity contribution in [2.45, 2.75) is 26.0 Å². The van der Waals surface area contributed by atoms with Gasteiger partial charge in [-0.15, -0.1) is 0 Å². The number of carbonyl (C=O) groups is 2. The zero-order valence-corrected chi connectivity index (χ0v) is 6.87. The van der Waals surface area contributed by atoms with Crippen molar-refractivity contribution in [3.05, 3.63) is 0 Å². The lowest BCUT2D eigenvalue weighted by Crippen LogP contribution is -2.52. The predicted molar refractivity (Wildman–Crippen MR) is 40.1 cm³/mol. The number of hydrazine groups is 1. The third-order valence-corrected chi connectivity index (χ3v) is 1.15. The Bertz CT molecular complexity index is 180. The Morgan fingerprint density at radius 2 is 1.92 bits per heavy atom. The molecule has 0 radical (unpaired) electrons. The fourth-order valence-corrected chi connectivity index (χ4v) is 0.568. The fourth-order valence-electron chi connectivity index (χ4n) is 0.568. The van der Waals surface area contributed by atoms with E-state index < -0.39 is 24.0 Å².